The molecule has 0 fully saturated rings. The molecule has 0 saturated carbocycles. The molecule has 1 aliphatic heterocycles. The van der Waals surface area contributed by atoms with Gasteiger partial charge in [-0.15, -0.1) is 0 Å². The Bertz CT molecular complexity index is 645. The number of hydrogen-bond donors (Lipinski definition) is 0. The zero-order valence-electron chi connectivity index (χ0n) is 11.6. The van der Waals surface area contributed by atoms with E-state index in [9.17, 15) is 0 Å². The number of hydrogen-bond acceptors (Lipinski definition) is 4. The fourth-order valence-electron chi connectivity index (χ4n) is 2.31. The van der Waals surface area contributed by atoms with Crippen LogP contribution in [0.25, 0.3) is 10.2 Å². The van der Waals surface area contributed by atoms with Gasteiger partial charge >= 0.3 is 5.16 Å². The SMILES string of the molecule is CCSc1nc2sc(C)c(C)c2c2[n+]1CC(CI)O2.[I-]. The maximum atomic E-state index is 6.16. The number of thiophene rings is 1. The maximum Gasteiger partial charge on any atom is 0.363 e. The van der Waals surface area contributed by atoms with Gasteiger partial charge in [0.05, 0.1) is 0 Å². The minimum absolute atomic E-state index is 0. The Kier molecular flexibility index (Phi) is 5.80. The Morgan fingerprint density at radius 2 is 2.25 bits per heavy atom. The van der Waals surface area contributed by atoms with Crippen molar-refractivity contribution >= 4 is 55.9 Å². The van der Waals surface area contributed by atoms with E-state index in [4.69, 9.17) is 9.72 Å². The van der Waals surface area contributed by atoms with Crippen LogP contribution < -0.4 is 33.3 Å². The molecule has 0 saturated heterocycles. The van der Waals surface area contributed by atoms with E-state index in [0.717, 1.165) is 32.6 Å². The van der Waals surface area contributed by atoms with Gasteiger partial charge in [-0.2, -0.15) is 4.57 Å². The fraction of sp³-hybridized carbons (Fsp3) is 0.538. The lowest BCUT2D eigenvalue weighted by molar-refractivity contribution is -0.720. The van der Waals surface area contributed by atoms with Gasteiger partial charge < -0.3 is 28.7 Å². The Morgan fingerprint density at radius 1 is 1.50 bits per heavy atom. The molecule has 0 bridgehead atoms. The van der Waals surface area contributed by atoms with Gasteiger partial charge in [-0.3, -0.25) is 0 Å². The summed E-state index contributed by atoms with van der Waals surface area (Å²) in [5.41, 5.74) is 1.32. The standard InChI is InChI=1S/C13H16IN2OS2.HI/c1-4-18-13-15-11-10(7(2)8(3)19-11)12-16(13)6-9(5-14)17-12;/h9H,4-6H2,1-3H3;1H/q+1;/p-1. The number of ether oxygens (including phenoxy) is 1. The van der Waals surface area contributed by atoms with E-state index in [1.54, 1.807) is 23.1 Å². The van der Waals surface area contributed by atoms with Crippen molar-refractivity contribution in [3.63, 3.8) is 0 Å². The monoisotopic (exact) mass is 534 g/mol. The van der Waals surface area contributed by atoms with Crippen LogP contribution in [-0.4, -0.2) is 21.3 Å². The first-order valence-corrected chi connectivity index (χ1v) is 9.67. The highest BCUT2D eigenvalue weighted by molar-refractivity contribution is 14.1. The van der Waals surface area contributed by atoms with Crippen molar-refractivity contribution in [2.24, 2.45) is 0 Å². The molecule has 0 spiro atoms. The van der Waals surface area contributed by atoms with E-state index >= 15 is 0 Å². The van der Waals surface area contributed by atoms with Crippen molar-refractivity contribution in [1.29, 1.82) is 0 Å². The van der Waals surface area contributed by atoms with Crippen LogP contribution in [-0.2, 0) is 6.54 Å². The van der Waals surface area contributed by atoms with Gasteiger partial charge in [-0.1, -0.05) is 40.9 Å². The molecule has 0 amide bonds. The Labute approximate surface area is 158 Å². The summed E-state index contributed by atoms with van der Waals surface area (Å²) < 4.78 is 9.44. The lowest BCUT2D eigenvalue weighted by atomic mass is 10.2. The van der Waals surface area contributed by atoms with Crippen molar-refractivity contribution in [3.05, 3.63) is 10.4 Å². The minimum atomic E-state index is 0. The first kappa shape index (κ1) is 17.0. The molecule has 7 heteroatoms. The number of rotatable bonds is 3. The zero-order chi connectivity index (χ0) is 13.6. The van der Waals surface area contributed by atoms with Crippen LogP contribution in [0.3, 0.4) is 0 Å². The van der Waals surface area contributed by atoms with Crippen LogP contribution in [0.5, 0.6) is 5.88 Å². The summed E-state index contributed by atoms with van der Waals surface area (Å²) in [5, 5.41) is 2.31. The van der Waals surface area contributed by atoms with Crippen molar-refractivity contribution in [3.8, 4) is 5.88 Å². The minimum Gasteiger partial charge on any atom is -1.00 e. The highest BCUT2D eigenvalue weighted by atomic mass is 127. The third-order valence-corrected chi connectivity index (χ3v) is 6.31. The zero-order valence-corrected chi connectivity index (χ0v) is 17.5. The summed E-state index contributed by atoms with van der Waals surface area (Å²) >= 11 is 5.97. The molecule has 2 aromatic heterocycles. The van der Waals surface area contributed by atoms with Crippen molar-refractivity contribution in [1.82, 2.24) is 4.98 Å². The van der Waals surface area contributed by atoms with E-state index in [-0.39, 0.29) is 30.1 Å². The molecule has 110 valence electrons. The average molecular weight is 534 g/mol. The second-order valence-electron chi connectivity index (χ2n) is 4.60. The summed E-state index contributed by atoms with van der Waals surface area (Å²) in [7, 11) is 0. The lowest BCUT2D eigenvalue weighted by Gasteiger charge is -2.01. The van der Waals surface area contributed by atoms with Crippen LogP contribution in [0.1, 0.15) is 17.4 Å². The largest absolute Gasteiger partial charge is 1.00 e. The first-order chi connectivity index (χ1) is 9.15. The van der Waals surface area contributed by atoms with Crippen molar-refractivity contribution < 1.29 is 33.3 Å². The predicted molar refractivity (Wildman–Crippen MR) is 89.0 cm³/mol. The predicted octanol–water partition coefficient (Wildman–Crippen LogP) is 0.513. The number of nitrogens with zero attached hydrogens (tertiary/aromatic N) is 2. The van der Waals surface area contributed by atoms with Gasteiger partial charge in [0.1, 0.15) is 18.0 Å². The highest BCUT2D eigenvalue weighted by Gasteiger charge is 2.35. The van der Waals surface area contributed by atoms with Crippen LogP contribution in [0.4, 0.5) is 0 Å². The Hall–Kier alpha value is 0.650. The quantitative estimate of drug-likeness (QED) is 0.189. The fourth-order valence-corrected chi connectivity index (χ4v) is 4.57. The van der Waals surface area contributed by atoms with Crippen LogP contribution in [0.2, 0.25) is 0 Å². The van der Waals surface area contributed by atoms with E-state index < -0.39 is 0 Å². The molecule has 0 N–H and O–H groups in total. The highest BCUT2D eigenvalue weighted by Crippen LogP contribution is 2.37. The normalized spacial score (nSPS) is 16.9. The molecule has 0 aliphatic carbocycles. The van der Waals surface area contributed by atoms with Gasteiger partial charge in [0.15, 0.2) is 0 Å². The number of alkyl halides is 1. The molecule has 0 aromatic carbocycles. The second kappa shape index (κ2) is 6.82. The molecule has 2 aromatic rings. The molecule has 20 heavy (non-hydrogen) atoms. The van der Waals surface area contributed by atoms with Crippen LogP contribution in [0.15, 0.2) is 5.16 Å². The van der Waals surface area contributed by atoms with Crippen LogP contribution >= 0.6 is 45.7 Å². The summed E-state index contributed by atoms with van der Waals surface area (Å²) in [6.07, 6.45) is 0.281. The molecule has 1 unspecified atom stereocenters. The molecule has 1 atom stereocenters. The van der Waals surface area contributed by atoms with Gasteiger partial charge in [-0.05, 0) is 36.2 Å². The van der Waals surface area contributed by atoms with Gasteiger partial charge in [-0.25, -0.2) is 0 Å². The lowest BCUT2D eigenvalue weighted by Crippen LogP contribution is -3.00. The molecule has 3 nitrogen and oxygen atoms in total. The average Bonchev–Trinajstić information content (AvgIpc) is 2.92. The van der Waals surface area contributed by atoms with Gasteiger partial charge in [0.2, 0.25) is 4.83 Å². The topological polar surface area (TPSA) is 26.0 Å². The van der Waals surface area contributed by atoms with Crippen LogP contribution in [0, 0.1) is 13.8 Å². The Morgan fingerprint density at radius 3 is 2.90 bits per heavy atom. The number of aryl methyl sites for hydroxylation is 2. The first-order valence-electron chi connectivity index (χ1n) is 6.34. The van der Waals surface area contributed by atoms with E-state index in [0.29, 0.717) is 0 Å². The van der Waals surface area contributed by atoms with E-state index in [1.165, 1.54) is 15.8 Å². The Balaban J connectivity index is 0.00000147. The molecule has 1 aliphatic rings. The molecular weight excluding hydrogens is 518 g/mol. The maximum absolute atomic E-state index is 6.16. The molecular formula is C13H16I2N2OS2. The number of aromatic nitrogens is 2. The third-order valence-electron chi connectivity index (χ3n) is 3.36. The van der Waals surface area contributed by atoms with E-state index in [1.807, 2.05) is 0 Å². The number of fused-ring (bicyclic) bond motifs is 3. The second-order valence-corrected chi connectivity index (χ2v) is 7.92. The molecule has 0 radical (unpaired) electrons. The van der Waals surface area contributed by atoms with Crippen molar-refractivity contribution in [2.45, 2.75) is 38.6 Å². The number of thioether (sulfide) groups is 1. The summed E-state index contributed by atoms with van der Waals surface area (Å²) in [5.74, 6) is 2.07. The molecule has 3 heterocycles. The third kappa shape index (κ3) is 2.79. The van der Waals surface area contributed by atoms with Gasteiger partial charge in [0, 0.05) is 15.1 Å². The summed E-state index contributed by atoms with van der Waals surface area (Å²) in [4.78, 5) is 7.30. The molecule has 3 rings (SSSR count). The van der Waals surface area contributed by atoms with E-state index in [2.05, 4.69) is 47.9 Å². The summed E-state index contributed by atoms with van der Waals surface area (Å²) in [6.45, 7) is 7.43. The van der Waals surface area contributed by atoms with Gasteiger partial charge in [0.25, 0.3) is 5.88 Å². The summed E-state index contributed by atoms with van der Waals surface area (Å²) in [6, 6.07) is 0. The smallest absolute Gasteiger partial charge is 0.363 e. The number of halogens is 2. The van der Waals surface area contributed by atoms with Crippen molar-refractivity contribution in [2.75, 3.05) is 10.2 Å².